The molecule has 5 rings (SSSR count). The first-order valence-electron chi connectivity index (χ1n) is 9.75. The molecule has 0 unspecified atom stereocenters. The van der Waals surface area contributed by atoms with Crippen molar-refractivity contribution in [2.45, 2.75) is 33.6 Å². The molecule has 6 nitrogen and oxygen atoms in total. The summed E-state index contributed by atoms with van der Waals surface area (Å²) in [5, 5.41) is 4.14. The van der Waals surface area contributed by atoms with E-state index in [1.54, 1.807) is 0 Å². The number of fused-ring (bicyclic) bond motifs is 1. The van der Waals surface area contributed by atoms with Crippen LogP contribution in [0.4, 0.5) is 5.95 Å². The maximum Gasteiger partial charge on any atom is 0.203 e. The van der Waals surface area contributed by atoms with Crippen molar-refractivity contribution >= 4 is 17.0 Å². The van der Waals surface area contributed by atoms with Crippen LogP contribution in [0.1, 0.15) is 29.9 Å². The number of anilines is 1. The van der Waals surface area contributed by atoms with Crippen LogP contribution in [0, 0.1) is 20.8 Å². The van der Waals surface area contributed by atoms with Crippen molar-refractivity contribution < 1.29 is 4.52 Å². The lowest BCUT2D eigenvalue weighted by atomic mass is 9.95. The molecule has 0 spiro atoms. The van der Waals surface area contributed by atoms with E-state index in [0.29, 0.717) is 0 Å². The summed E-state index contributed by atoms with van der Waals surface area (Å²) in [6.07, 6.45) is 6.19. The van der Waals surface area contributed by atoms with Crippen LogP contribution in [-0.2, 0) is 0 Å². The van der Waals surface area contributed by atoms with Crippen LogP contribution in [-0.4, -0.2) is 33.2 Å². The molecule has 0 saturated carbocycles. The molecule has 3 aromatic heterocycles. The first-order valence-corrected chi connectivity index (χ1v) is 9.75. The van der Waals surface area contributed by atoms with Gasteiger partial charge in [0.25, 0.3) is 0 Å². The van der Waals surface area contributed by atoms with E-state index in [0.717, 1.165) is 63.8 Å². The van der Waals surface area contributed by atoms with Crippen LogP contribution >= 0.6 is 0 Å². The number of hydrogen-bond acceptors (Lipinski definition) is 5. The number of benzene rings is 1. The summed E-state index contributed by atoms with van der Waals surface area (Å²) >= 11 is 0. The molecule has 1 N–H and O–H groups in total. The lowest BCUT2D eigenvalue weighted by Crippen LogP contribution is -2.18. The molecule has 0 bridgehead atoms. The fourth-order valence-corrected chi connectivity index (χ4v) is 4.17. The highest BCUT2D eigenvalue weighted by Gasteiger charge is 2.21. The molecule has 1 aromatic carbocycles. The standard InChI is InChI=1S/C22H23N5O/c1-13-6-7-23-12-18(13)17-10-16(20-14(2)26-28-15(20)3)11-19-21(17)25-22(24-19)27-8-4-5-9-27/h6-7,10-12H,4-5,8-9H2,1-3H3,(H,24,25). The highest BCUT2D eigenvalue weighted by atomic mass is 16.5. The second kappa shape index (κ2) is 6.48. The van der Waals surface area contributed by atoms with Crippen LogP contribution in [0.3, 0.4) is 0 Å². The molecule has 4 heterocycles. The molecule has 142 valence electrons. The molecule has 0 amide bonds. The Morgan fingerprint density at radius 1 is 1.07 bits per heavy atom. The third-order valence-electron chi connectivity index (χ3n) is 5.63. The van der Waals surface area contributed by atoms with E-state index >= 15 is 0 Å². The lowest BCUT2D eigenvalue weighted by molar-refractivity contribution is 0.393. The predicted molar refractivity (Wildman–Crippen MR) is 110 cm³/mol. The number of aryl methyl sites for hydroxylation is 3. The Balaban J connectivity index is 1.78. The molecule has 1 saturated heterocycles. The van der Waals surface area contributed by atoms with E-state index in [2.05, 4.69) is 39.1 Å². The molecule has 0 atom stereocenters. The number of imidazole rings is 1. The molecule has 1 fully saturated rings. The Labute approximate surface area is 163 Å². The first kappa shape index (κ1) is 17.0. The average molecular weight is 373 g/mol. The van der Waals surface area contributed by atoms with E-state index in [1.165, 1.54) is 18.4 Å². The second-order valence-corrected chi connectivity index (χ2v) is 7.56. The minimum Gasteiger partial charge on any atom is -0.361 e. The SMILES string of the molecule is Cc1ccncc1-c1cc(-c2c(C)noc2C)cc2[nH]c(N3CCCC3)nc12. The molecular formula is C22H23N5O. The number of pyridine rings is 1. The van der Waals surface area contributed by atoms with E-state index in [9.17, 15) is 0 Å². The Bertz CT molecular complexity index is 1150. The summed E-state index contributed by atoms with van der Waals surface area (Å²) in [6.45, 7) is 8.15. The van der Waals surface area contributed by atoms with E-state index in [-0.39, 0.29) is 0 Å². The number of aromatic nitrogens is 4. The van der Waals surface area contributed by atoms with Gasteiger partial charge >= 0.3 is 0 Å². The van der Waals surface area contributed by atoms with Gasteiger partial charge in [-0.3, -0.25) is 4.98 Å². The zero-order valence-electron chi connectivity index (χ0n) is 16.4. The van der Waals surface area contributed by atoms with Crippen molar-refractivity contribution in [3.8, 4) is 22.3 Å². The van der Waals surface area contributed by atoms with Gasteiger partial charge in [0, 0.05) is 42.2 Å². The van der Waals surface area contributed by atoms with Gasteiger partial charge in [-0.15, -0.1) is 0 Å². The molecule has 0 radical (unpaired) electrons. The van der Waals surface area contributed by atoms with Gasteiger partial charge in [-0.05, 0) is 62.9 Å². The molecule has 28 heavy (non-hydrogen) atoms. The number of aromatic amines is 1. The minimum atomic E-state index is 0.824. The van der Waals surface area contributed by atoms with Crippen molar-refractivity contribution in [1.82, 2.24) is 20.1 Å². The fraction of sp³-hybridized carbons (Fsp3) is 0.318. The van der Waals surface area contributed by atoms with Crippen molar-refractivity contribution in [2.75, 3.05) is 18.0 Å². The van der Waals surface area contributed by atoms with Gasteiger partial charge in [0.05, 0.1) is 16.7 Å². The van der Waals surface area contributed by atoms with Crippen molar-refractivity contribution in [1.29, 1.82) is 0 Å². The zero-order chi connectivity index (χ0) is 19.3. The molecule has 0 aliphatic carbocycles. The summed E-state index contributed by atoms with van der Waals surface area (Å²) in [4.78, 5) is 15.2. The van der Waals surface area contributed by atoms with Crippen LogP contribution in [0.15, 0.2) is 35.1 Å². The summed E-state index contributed by atoms with van der Waals surface area (Å²) < 4.78 is 5.42. The molecular weight excluding hydrogens is 350 g/mol. The smallest absolute Gasteiger partial charge is 0.203 e. The number of nitrogens with zero attached hydrogens (tertiary/aromatic N) is 4. The summed E-state index contributed by atoms with van der Waals surface area (Å²) in [5.74, 6) is 1.77. The van der Waals surface area contributed by atoms with Crippen molar-refractivity contribution in [2.24, 2.45) is 0 Å². The highest BCUT2D eigenvalue weighted by molar-refractivity contribution is 5.98. The van der Waals surface area contributed by atoms with Gasteiger partial charge in [0.2, 0.25) is 5.95 Å². The highest BCUT2D eigenvalue weighted by Crippen LogP contribution is 2.37. The number of H-pyrrole nitrogens is 1. The van der Waals surface area contributed by atoms with Gasteiger partial charge in [-0.2, -0.15) is 0 Å². The van der Waals surface area contributed by atoms with Gasteiger partial charge < -0.3 is 14.4 Å². The Kier molecular flexibility index (Phi) is 3.93. The van der Waals surface area contributed by atoms with E-state index in [1.807, 2.05) is 32.3 Å². The fourth-order valence-electron chi connectivity index (χ4n) is 4.17. The number of rotatable bonds is 3. The van der Waals surface area contributed by atoms with E-state index in [4.69, 9.17) is 9.51 Å². The first-order chi connectivity index (χ1) is 13.6. The van der Waals surface area contributed by atoms with Crippen LogP contribution in [0.2, 0.25) is 0 Å². The van der Waals surface area contributed by atoms with Crippen LogP contribution < -0.4 is 4.90 Å². The Hall–Kier alpha value is -3.15. The molecule has 1 aliphatic heterocycles. The van der Waals surface area contributed by atoms with E-state index < -0.39 is 0 Å². The Morgan fingerprint density at radius 2 is 1.89 bits per heavy atom. The van der Waals surface area contributed by atoms with Crippen LogP contribution in [0.5, 0.6) is 0 Å². The normalized spacial score (nSPS) is 14.3. The quantitative estimate of drug-likeness (QED) is 0.558. The minimum absolute atomic E-state index is 0.824. The summed E-state index contributed by atoms with van der Waals surface area (Å²) in [5.41, 5.74) is 8.38. The Morgan fingerprint density at radius 3 is 2.61 bits per heavy atom. The second-order valence-electron chi connectivity index (χ2n) is 7.56. The molecule has 1 aliphatic rings. The third-order valence-corrected chi connectivity index (χ3v) is 5.63. The van der Waals surface area contributed by atoms with Gasteiger partial charge in [-0.25, -0.2) is 4.98 Å². The zero-order valence-corrected chi connectivity index (χ0v) is 16.4. The third kappa shape index (κ3) is 2.68. The predicted octanol–water partition coefficient (Wildman–Crippen LogP) is 4.81. The maximum atomic E-state index is 5.42. The average Bonchev–Trinajstić information content (AvgIpc) is 3.41. The number of hydrogen-bond donors (Lipinski definition) is 1. The topological polar surface area (TPSA) is 70.8 Å². The van der Waals surface area contributed by atoms with Crippen LogP contribution in [0.25, 0.3) is 33.3 Å². The molecule has 6 heteroatoms. The summed E-state index contributed by atoms with van der Waals surface area (Å²) in [7, 11) is 0. The van der Waals surface area contributed by atoms with Crippen molar-refractivity contribution in [3.05, 3.63) is 47.6 Å². The maximum absolute atomic E-state index is 5.42. The monoisotopic (exact) mass is 373 g/mol. The van der Waals surface area contributed by atoms with Gasteiger partial charge in [0.15, 0.2) is 0 Å². The largest absolute Gasteiger partial charge is 0.361 e. The number of nitrogens with one attached hydrogen (secondary N) is 1. The van der Waals surface area contributed by atoms with Gasteiger partial charge in [0.1, 0.15) is 5.76 Å². The lowest BCUT2D eigenvalue weighted by Gasteiger charge is -2.12. The van der Waals surface area contributed by atoms with Crippen molar-refractivity contribution in [3.63, 3.8) is 0 Å². The van der Waals surface area contributed by atoms with Gasteiger partial charge in [-0.1, -0.05) is 5.16 Å². The summed E-state index contributed by atoms with van der Waals surface area (Å²) in [6, 6.07) is 6.38. The molecule has 4 aromatic rings.